The lowest BCUT2D eigenvalue weighted by Gasteiger charge is -2.18. The van der Waals surface area contributed by atoms with Gasteiger partial charge in [-0.3, -0.25) is 14.6 Å². The molecule has 0 aliphatic carbocycles. The van der Waals surface area contributed by atoms with Crippen LogP contribution in [0.3, 0.4) is 0 Å². The fourth-order valence-electron chi connectivity index (χ4n) is 3.88. The lowest BCUT2D eigenvalue weighted by atomic mass is 9.88. The van der Waals surface area contributed by atoms with Gasteiger partial charge in [0.1, 0.15) is 5.75 Å². The van der Waals surface area contributed by atoms with Crippen molar-refractivity contribution in [3.05, 3.63) is 71.9 Å². The molecule has 142 valence electrons. The highest BCUT2D eigenvalue weighted by atomic mass is 16.5. The first-order valence-corrected chi connectivity index (χ1v) is 9.08. The van der Waals surface area contributed by atoms with Gasteiger partial charge >= 0.3 is 5.97 Å². The molecule has 1 saturated heterocycles. The molecule has 6 nitrogen and oxygen atoms in total. The van der Waals surface area contributed by atoms with Gasteiger partial charge < -0.3 is 14.7 Å². The molecular formula is C22H20N2O4. The summed E-state index contributed by atoms with van der Waals surface area (Å²) in [7, 11) is 1.56. The third-order valence-corrected chi connectivity index (χ3v) is 5.30. The van der Waals surface area contributed by atoms with Crippen LogP contribution in [-0.4, -0.2) is 47.1 Å². The average molecular weight is 376 g/mol. The minimum absolute atomic E-state index is 0.156. The van der Waals surface area contributed by atoms with E-state index in [4.69, 9.17) is 4.74 Å². The number of ether oxygens (including phenoxy) is 1. The molecule has 1 fully saturated rings. The van der Waals surface area contributed by atoms with E-state index in [0.29, 0.717) is 17.9 Å². The standard InChI is InChI=1S/C22H20N2O4/c1-28-20-9-5-3-7-16(20)17-12-24(13-18(17)22(26)27)21(25)15-10-14-6-2-4-8-19(14)23-11-15/h2-11,17-18H,12-13H2,1H3,(H,26,27)/t17-,18+/m0/s1. The van der Waals surface area contributed by atoms with Crippen molar-refractivity contribution >= 4 is 22.8 Å². The quantitative estimate of drug-likeness (QED) is 0.756. The third kappa shape index (κ3) is 3.17. The van der Waals surface area contributed by atoms with Crippen LogP contribution in [0.1, 0.15) is 21.8 Å². The van der Waals surface area contributed by atoms with E-state index in [1.807, 2.05) is 48.5 Å². The molecule has 1 amide bonds. The minimum Gasteiger partial charge on any atom is -0.496 e. The molecule has 2 atom stereocenters. The Bertz CT molecular complexity index is 1050. The van der Waals surface area contributed by atoms with Crippen molar-refractivity contribution in [2.24, 2.45) is 5.92 Å². The highest BCUT2D eigenvalue weighted by Crippen LogP contribution is 2.38. The van der Waals surface area contributed by atoms with E-state index >= 15 is 0 Å². The molecular weight excluding hydrogens is 356 g/mol. The smallest absolute Gasteiger partial charge is 0.308 e. The number of carboxylic acid groups (broad SMARTS) is 1. The zero-order valence-electron chi connectivity index (χ0n) is 15.4. The zero-order chi connectivity index (χ0) is 19.7. The van der Waals surface area contributed by atoms with Crippen LogP contribution in [-0.2, 0) is 4.79 Å². The fraction of sp³-hybridized carbons (Fsp3) is 0.227. The molecule has 3 aromatic rings. The van der Waals surface area contributed by atoms with E-state index in [1.54, 1.807) is 24.3 Å². The summed E-state index contributed by atoms with van der Waals surface area (Å²) in [5.41, 5.74) is 2.09. The number of para-hydroxylation sites is 2. The van der Waals surface area contributed by atoms with Gasteiger partial charge in [-0.25, -0.2) is 0 Å². The van der Waals surface area contributed by atoms with Crippen LogP contribution in [0.25, 0.3) is 10.9 Å². The van der Waals surface area contributed by atoms with Crippen LogP contribution in [0, 0.1) is 5.92 Å². The Morgan fingerprint density at radius 3 is 2.64 bits per heavy atom. The molecule has 2 heterocycles. The highest BCUT2D eigenvalue weighted by molar-refractivity contribution is 5.97. The number of hydrogen-bond donors (Lipinski definition) is 1. The number of carboxylic acids is 1. The number of methoxy groups -OCH3 is 1. The number of hydrogen-bond acceptors (Lipinski definition) is 4. The van der Waals surface area contributed by atoms with E-state index in [9.17, 15) is 14.7 Å². The molecule has 0 spiro atoms. The summed E-state index contributed by atoms with van der Waals surface area (Å²) in [5, 5.41) is 10.6. The van der Waals surface area contributed by atoms with Crippen LogP contribution in [0.2, 0.25) is 0 Å². The second-order valence-corrected chi connectivity index (χ2v) is 6.92. The van der Waals surface area contributed by atoms with Crippen molar-refractivity contribution in [2.75, 3.05) is 20.2 Å². The number of amides is 1. The number of carbonyl (C=O) groups excluding carboxylic acids is 1. The molecule has 1 aliphatic rings. The molecule has 6 heteroatoms. The Balaban J connectivity index is 1.65. The first-order chi connectivity index (χ1) is 13.6. The van der Waals surface area contributed by atoms with Crippen LogP contribution < -0.4 is 4.74 Å². The van der Waals surface area contributed by atoms with Crippen molar-refractivity contribution in [1.29, 1.82) is 0 Å². The SMILES string of the molecule is COc1ccccc1[C@@H]1CN(C(=O)c2cnc3ccccc3c2)C[C@H]1C(=O)O. The average Bonchev–Trinajstić information content (AvgIpc) is 3.18. The molecule has 1 aliphatic heterocycles. The topological polar surface area (TPSA) is 79.7 Å². The number of aliphatic carboxylic acids is 1. The number of carbonyl (C=O) groups is 2. The Morgan fingerprint density at radius 2 is 1.86 bits per heavy atom. The van der Waals surface area contributed by atoms with Gasteiger partial charge in [-0.05, 0) is 23.8 Å². The summed E-state index contributed by atoms with van der Waals surface area (Å²) in [4.78, 5) is 30.9. The van der Waals surface area contributed by atoms with Gasteiger partial charge in [0.05, 0.1) is 24.1 Å². The maximum atomic E-state index is 13.1. The lowest BCUT2D eigenvalue weighted by molar-refractivity contribution is -0.141. The summed E-state index contributed by atoms with van der Waals surface area (Å²) >= 11 is 0. The van der Waals surface area contributed by atoms with Gasteiger partial charge in [0, 0.05) is 30.6 Å². The van der Waals surface area contributed by atoms with Crippen molar-refractivity contribution in [1.82, 2.24) is 9.88 Å². The van der Waals surface area contributed by atoms with Crippen LogP contribution in [0.4, 0.5) is 0 Å². The number of fused-ring (bicyclic) bond motifs is 1. The monoisotopic (exact) mass is 376 g/mol. The summed E-state index contributed by atoms with van der Waals surface area (Å²) in [6, 6.07) is 16.8. The maximum absolute atomic E-state index is 13.1. The molecule has 0 saturated carbocycles. The fourth-order valence-corrected chi connectivity index (χ4v) is 3.88. The summed E-state index contributed by atoms with van der Waals surface area (Å²) in [6.07, 6.45) is 1.55. The molecule has 1 N–H and O–H groups in total. The lowest BCUT2D eigenvalue weighted by Crippen LogP contribution is -2.30. The van der Waals surface area contributed by atoms with Gasteiger partial charge in [-0.15, -0.1) is 0 Å². The molecule has 28 heavy (non-hydrogen) atoms. The predicted molar refractivity (Wildman–Crippen MR) is 105 cm³/mol. The van der Waals surface area contributed by atoms with E-state index in [-0.39, 0.29) is 18.4 Å². The van der Waals surface area contributed by atoms with E-state index in [2.05, 4.69) is 4.98 Å². The zero-order valence-corrected chi connectivity index (χ0v) is 15.4. The molecule has 2 aromatic carbocycles. The number of benzene rings is 2. The predicted octanol–water partition coefficient (Wildman–Crippen LogP) is 3.18. The van der Waals surface area contributed by atoms with Crippen molar-refractivity contribution in [3.8, 4) is 5.75 Å². The van der Waals surface area contributed by atoms with Gasteiger partial charge in [0.25, 0.3) is 5.91 Å². The number of rotatable bonds is 4. The first-order valence-electron chi connectivity index (χ1n) is 9.08. The molecule has 0 unspecified atom stereocenters. The number of aromatic nitrogens is 1. The Kier molecular flexibility index (Phi) is 4.69. The number of pyridine rings is 1. The normalized spacial score (nSPS) is 19.0. The Hall–Kier alpha value is -3.41. The van der Waals surface area contributed by atoms with Gasteiger partial charge in [0.2, 0.25) is 0 Å². The minimum atomic E-state index is -0.914. The summed E-state index contributed by atoms with van der Waals surface area (Å²) < 4.78 is 5.41. The van der Waals surface area contributed by atoms with E-state index in [1.165, 1.54) is 0 Å². The van der Waals surface area contributed by atoms with Gasteiger partial charge in [0.15, 0.2) is 0 Å². The van der Waals surface area contributed by atoms with Gasteiger partial charge in [-0.1, -0.05) is 36.4 Å². The number of likely N-dealkylation sites (tertiary alicyclic amines) is 1. The molecule has 4 rings (SSSR count). The largest absolute Gasteiger partial charge is 0.496 e. The Labute approximate surface area is 162 Å². The van der Waals surface area contributed by atoms with Crippen molar-refractivity contribution in [2.45, 2.75) is 5.92 Å². The first kappa shape index (κ1) is 18.0. The van der Waals surface area contributed by atoms with Crippen molar-refractivity contribution < 1.29 is 19.4 Å². The second-order valence-electron chi connectivity index (χ2n) is 6.92. The van der Waals surface area contributed by atoms with Crippen molar-refractivity contribution in [3.63, 3.8) is 0 Å². The second kappa shape index (κ2) is 7.31. The van der Waals surface area contributed by atoms with Crippen LogP contribution in [0.15, 0.2) is 60.8 Å². The Morgan fingerprint density at radius 1 is 1.11 bits per heavy atom. The maximum Gasteiger partial charge on any atom is 0.308 e. The van der Waals surface area contributed by atoms with Crippen LogP contribution >= 0.6 is 0 Å². The molecule has 0 bridgehead atoms. The summed E-state index contributed by atoms with van der Waals surface area (Å²) in [5.74, 6) is -1.50. The summed E-state index contributed by atoms with van der Waals surface area (Å²) in [6.45, 7) is 0.479. The van der Waals surface area contributed by atoms with Gasteiger partial charge in [-0.2, -0.15) is 0 Å². The molecule has 0 radical (unpaired) electrons. The van der Waals surface area contributed by atoms with E-state index in [0.717, 1.165) is 16.5 Å². The van der Waals surface area contributed by atoms with Crippen LogP contribution in [0.5, 0.6) is 5.75 Å². The van der Waals surface area contributed by atoms with E-state index < -0.39 is 11.9 Å². The third-order valence-electron chi connectivity index (χ3n) is 5.30. The number of nitrogens with zero attached hydrogens (tertiary/aromatic N) is 2. The molecule has 1 aromatic heterocycles. The highest BCUT2D eigenvalue weighted by Gasteiger charge is 2.41.